The van der Waals surface area contributed by atoms with Crippen LogP contribution in [0.15, 0.2) is 40.5 Å². The zero-order valence-corrected chi connectivity index (χ0v) is 16.8. The zero-order chi connectivity index (χ0) is 20.4. The van der Waals surface area contributed by atoms with Crippen LogP contribution in [0.25, 0.3) is 17.1 Å². The van der Waals surface area contributed by atoms with Crippen molar-refractivity contribution in [1.29, 1.82) is 0 Å². The standard InChI is InChI=1S/C22H26F2N4/c1-5-6-15-7-8-16(9-18(15)23)22-27-13(2)14(3)28(22)21-10-17(12-26-4)20(25)11-19(21)24/h7-10,12,19H,5-6,11,25H2,1-4H3. The summed E-state index contributed by atoms with van der Waals surface area (Å²) < 4.78 is 31.3. The first-order chi connectivity index (χ1) is 13.4. The molecule has 0 saturated carbocycles. The van der Waals surface area contributed by atoms with Gasteiger partial charge in [-0.2, -0.15) is 0 Å². The molecule has 1 aliphatic carbocycles. The average Bonchev–Trinajstić information content (AvgIpc) is 2.94. The molecule has 1 heterocycles. The van der Waals surface area contributed by atoms with E-state index in [4.69, 9.17) is 5.73 Å². The summed E-state index contributed by atoms with van der Waals surface area (Å²) in [6.07, 6.45) is 3.70. The van der Waals surface area contributed by atoms with Crippen LogP contribution >= 0.6 is 0 Å². The number of nitrogens with zero attached hydrogens (tertiary/aromatic N) is 3. The molecule has 0 aliphatic heterocycles. The predicted octanol–water partition coefficient (Wildman–Crippen LogP) is 4.75. The van der Waals surface area contributed by atoms with Crippen LogP contribution in [0.5, 0.6) is 0 Å². The first kappa shape index (κ1) is 20.0. The number of nitrogens with two attached hydrogens (primary N) is 1. The molecule has 0 bridgehead atoms. The van der Waals surface area contributed by atoms with E-state index in [1.807, 2.05) is 26.8 Å². The second kappa shape index (κ2) is 8.09. The quantitative estimate of drug-likeness (QED) is 0.756. The SMILES string of the molecule is CCCc1ccc(-c2nc(C)c(C)n2C2=CC(C=NC)=C(N)CC2F)cc1F. The van der Waals surface area contributed by atoms with Crippen LogP contribution in [0.1, 0.15) is 36.7 Å². The van der Waals surface area contributed by atoms with Gasteiger partial charge in [0, 0.05) is 42.2 Å². The molecular formula is C22H26F2N4. The number of aryl methyl sites for hydroxylation is 2. The lowest BCUT2D eigenvalue weighted by molar-refractivity contribution is 0.394. The number of hydrogen-bond donors (Lipinski definition) is 1. The topological polar surface area (TPSA) is 56.2 Å². The highest BCUT2D eigenvalue weighted by Gasteiger charge is 2.27. The van der Waals surface area contributed by atoms with Crippen molar-refractivity contribution in [2.75, 3.05) is 7.05 Å². The molecular weight excluding hydrogens is 358 g/mol. The van der Waals surface area contributed by atoms with Crippen molar-refractivity contribution < 1.29 is 8.78 Å². The average molecular weight is 384 g/mol. The Bertz CT molecular complexity index is 983. The Labute approximate surface area is 164 Å². The molecule has 2 aromatic rings. The van der Waals surface area contributed by atoms with Crippen LogP contribution < -0.4 is 5.73 Å². The second-order valence-electron chi connectivity index (χ2n) is 7.11. The molecule has 2 N–H and O–H groups in total. The maximum atomic E-state index is 15.0. The molecule has 148 valence electrons. The van der Waals surface area contributed by atoms with Crippen molar-refractivity contribution in [1.82, 2.24) is 9.55 Å². The highest BCUT2D eigenvalue weighted by molar-refractivity contribution is 5.87. The lowest BCUT2D eigenvalue weighted by atomic mass is 9.99. The molecule has 28 heavy (non-hydrogen) atoms. The van der Waals surface area contributed by atoms with Gasteiger partial charge in [0.05, 0.1) is 11.4 Å². The summed E-state index contributed by atoms with van der Waals surface area (Å²) in [5.41, 5.74) is 10.5. The number of imidazole rings is 1. The van der Waals surface area contributed by atoms with Crippen molar-refractivity contribution >= 4 is 11.9 Å². The maximum absolute atomic E-state index is 15.0. The molecule has 0 radical (unpaired) electrons. The molecule has 6 heteroatoms. The van der Waals surface area contributed by atoms with E-state index < -0.39 is 6.17 Å². The fourth-order valence-corrected chi connectivity index (χ4v) is 3.50. The smallest absolute Gasteiger partial charge is 0.146 e. The van der Waals surface area contributed by atoms with Gasteiger partial charge in [0.15, 0.2) is 0 Å². The van der Waals surface area contributed by atoms with Gasteiger partial charge in [-0.05, 0) is 38.0 Å². The van der Waals surface area contributed by atoms with E-state index in [0.717, 1.165) is 17.8 Å². The number of aromatic nitrogens is 2. The molecule has 0 saturated heterocycles. The number of allylic oxidation sites excluding steroid dienone is 4. The van der Waals surface area contributed by atoms with E-state index in [-0.39, 0.29) is 12.2 Å². The van der Waals surface area contributed by atoms with Crippen molar-refractivity contribution in [2.45, 2.75) is 46.2 Å². The summed E-state index contributed by atoms with van der Waals surface area (Å²) in [6.45, 7) is 5.77. The maximum Gasteiger partial charge on any atom is 0.146 e. The summed E-state index contributed by atoms with van der Waals surface area (Å²) >= 11 is 0. The molecule has 0 fully saturated rings. The fourth-order valence-electron chi connectivity index (χ4n) is 3.50. The van der Waals surface area contributed by atoms with Crippen LogP contribution in [0.2, 0.25) is 0 Å². The van der Waals surface area contributed by atoms with Crippen molar-refractivity contribution in [2.24, 2.45) is 10.7 Å². The van der Waals surface area contributed by atoms with Gasteiger partial charge in [0.25, 0.3) is 0 Å². The minimum Gasteiger partial charge on any atom is -0.401 e. The van der Waals surface area contributed by atoms with Crippen molar-refractivity contribution in [3.05, 3.63) is 58.3 Å². The number of halogens is 2. The highest BCUT2D eigenvalue weighted by atomic mass is 19.1. The van der Waals surface area contributed by atoms with Crippen LogP contribution in [0.3, 0.4) is 0 Å². The Kier molecular flexibility index (Phi) is 5.77. The van der Waals surface area contributed by atoms with Gasteiger partial charge in [-0.25, -0.2) is 13.8 Å². The minimum atomic E-state index is -1.27. The van der Waals surface area contributed by atoms with Crippen molar-refractivity contribution in [3.8, 4) is 11.4 Å². The van der Waals surface area contributed by atoms with E-state index in [9.17, 15) is 8.78 Å². The van der Waals surface area contributed by atoms with Crippen LogP contribution in [0, 0.1) is 19.7 Å². The lowest BCUT2D eigenvalue weighted by Crippen LogP contribution is -2.21. The Hall–Kier alpha value is -2.76. The molecule has 1 aromatic heterocycles. The summed E-state index contributed by atoms with van der Waals surface area (Å²) in [6, 6.07) is 5.12. The molecule has 1 aromatic carbocycles. The normalized spacial score (nSPS) is 17.5. The summed E-state index contributed by atoms with van der Waals surface area (Å²) in [5.74, 6) is 0.265. The summed E-state index contributed by atoms with van der Waals surface area (Å²) in [5, 5.41) is 0. The van der Waals surface area contributed by atoms with Gasteiger partial charge in [-0.1, -0.05) is 25.5 Å². The van der Waals surface area contributed by atoms with Crippen molar-refractivity contribution in [3.63, 3.8) is 0 Å². The number of rotatable bonds is 5. The Morgan fingerprint density at radius 3 is 2.75 bits per heavy atom. The second-order valence-corrected chi connectivity index (χ2v) is 7.11. The summed E-state index contributed by atoms with van der Waals surface area (Å²) in [7, 11) is 1.65. The van der Waals surface area contributed by atoms with E-state index >= 15 is 0 Å². The van der Waals surface area contributed by atoms with Gasteiger partial charge < -0.3 is 5.73 Å². The molecule has 1 aliphatic rings. The first-order valence-electron chi connectivity index (χ1n) is 9.48. The predicted molar refractivity (Wildman–Crippen MR) is 111 cm³/mol. The van der Waals surface area contributed by atoms with Gasteiger partial charge in [0.2, 0.25) is 0 Å². The van der Waals surface area contributed by atoms with E-state index in [1.165, 1.54) is 6.07 Å². The largest absolute Gasteiger partial charge is 0.401 e. The van der Waals surface area contributed by atoms with Crippen LogP contribution in [-0.2, 0) is 6.42 Å². The number of alkyl halides is 1. The third-order valence-electron chi connectivity index (χ3n) is 5.10. The Morgan fingerprint density at radius 1 is 1.36 bits per heavy atom. The van der Waals surface area contributed by atoms with Gasteiger partial charge in [0.1, 0.15) is 17.8 Å². The zero-order valence-electron chi connectivity index (χ0n) is 16.8. The van der Waals surface area contributed by atoms with Gasteiger partial charge in [-0.3, -0.25) is 9.56 Å². The lowest BCUT2D eigenvalue weighted by Gasteiger charge is -2.23. The number of benzene rings is 1. The Balaban J connectivity index is 2.16. The van der Waals surface area contributed by atoms with Crippen LogP contribution in [-0.4, -0.2) is 29.0 Å². The minimum absolute atomic E-state index is 0.0904. The number of hydrogen-bond acceptors (Lipinski definition) is 3. The molecule has 4 nitrogen and oxygen atoms in total. The molecule has 1 unspecified atom stereocenters. The Morgan fingerprint density at radius 2 is 2.11 bits per heavy atom. The van der Waals surface area contributed by atoms with Crippen LogP contribution in [0.4, 0.5) is 8.78 Å². The summed E-state index contributed by atoms with van der Waals surface area (Å²) in [4.78, 5) is 8.61. The fraction of sp³-hybridized carbons (Fsp3) is 0.364. The van der Waals surface area contributed by atoms with Gasteiger partial charge >= 0.3 is 0 Å². The van der Waals surface area contributed by atoms with E-state index in [0.29, 0.717) is 40.3 Å². The third kappa shape index (κ3) is 3.63. The highest BCUT2D eigenvalue weighted by Crippen LogP contribution is 2.33. The van der Waals surface area contributed by atoms with E-state index in [1.54, 1.807) is 30.0 Å². The number of aliphatic imine (C=N–C) groups is 1. The molecule has 0 amide bonds. The molecule has 1 atom stereocenters. The molecule has 0 spiro atoms. The molecule has 3 rings (SSSR count). The monoisotopic (exact) mass is 384 g/mol. The third-order valence-corrected chi connectivity index (χ3v) is 5.10. The first-order valence-corrected chi connectivity index (χ1v) is 9.48. The van der Waals surface area contributed by atoms with Gasteiger partial charge in [-0.15, -0.1) is 0 Å². The van der Waals surface area contributed by atoms with E-state index in [2.05, 4.69) is 9.98 Å².